The summed E-state index contributed by atoms with van der Waals surface area (Å²) in [7, 11) is 1.98. The molecule has 0 amide bonds. The second-order valence-electron chi connectivity index (χ2n) is 5.08. The highest BCUT2D eigenvalue weighted by Gasteiger charge is 2.13. The molecule has 0 aromatic heterocycles. The Balaban J connectivity index is 2.11. The van der Waals surface area contributed by atoms with Crippen LogP contribution in [-0.2, 0) is 12.8 Å². The Kier molecular flexibility index (Phi) is 5.47. The van der Waals surface area contributed by atoms with Crippen molar-refractivity contribution in [2.24, 2.45) is 0 Å². The second kappa shape index (κ2) is 7.12. The summed E-state index contributed by atoms with van der Waals surface area (Å²) >= 11 is 12.5. The van der Waals surface area contributed by atoms with Crippen LogP contribution < -0.4 is 5.32 Å². The van der Waals surface area contributed by atoms with Gasteiger partial charge in [-0.1, -0.05) is 59.1 Å². The van der Waals surface area contributed by atoms with Crippen LogP contribution in [0.1, 0.15) is 16.7 Å². The lowest BCUT2D eigenvalue weighted by Gasteiger charge is -2.18. The van der Waals surface area contributed by atoms with Gasteiger partial charge in [0.15, 0.2) is 0 Å². The van der Waals surface area contributed by atoms with Crippen LogP contribution in [-0.4, -0.2) is 13.1 Å². The Bertz CT molecular complexity index is 543. The molecule has 0 saturated heterocycles. The molecule has 0 aliphatic carbocycles. The second-order valence-corrected chi connectivity index (χ2v) is 5.89. The highest BCUT2D eigenvalue weighted by Crippen LogP contribution is 2.26. The first-order chi connectivity index (χ1) is 9.60. The molecule has 0 heterocycles. The van der Waals surface area contributed by atoms with Crippen molar-refractivity contribution in [1.82, 2.24) is 5.32 Å². The van der Waals surface area contributed by atoms with E-state index in [1.165, 1.54) is 11.1 Å². The fourth-order valence-electron chi connectivity index (χ4n) is 2.26. The molecular formula is C17H19Cl2N. The quantitative estimate of drug-likeness (QED) is 0.846. The van der Waals surface area contributed by atoms with E-state index in [0.29, 0.717) is 6.04 Å². The van der Waals surface area contributed by atoms with Crippen molar-refractivity contribution >= 4 is 23.2 Å². The van der Waals surface area contributed by atoms with E-state index in [9.17, 15) is 0 Å². The highest BCUT2D eigenvalue weighted by molar-refractivity contribution is 6.36. The Morgan fingerprint density at radius 1 is 0.950 bits per heavy atom. The van der Waals surface area contributed by atoms with Crippen LogP contribution in [0.5, 0.6) is 0 Å². The number of benzene rings is 2. The number of rotatable bonds is 5. The van der Waals surface area contributed by atoms with E-state index in [4.69, 9.17) is 23.2 Å². The van der Waals surface area contributed by atoms with E-state index in [-0.39, 0.29) is 0 Å². The standard InChI is InChI=1S/C17H19Cl2N/c1-12-6-8-13(9-7-12)10-14(20-2)11-15-16(18)4-3-5-17(15)19/h3-9,14,20H,10-11H2,1-2H3. The predicted octanol–water partition coefficient (Wildman–Crippen LogP) is 4.68. The van der Waals surface area contributed by atoms with Crippen LogP contribution >= 0.6 is 23.2 Å². The van der Waals surface area contributed by atoms with E-state index in [1.807, 2.05) is 25.2 Å². The van der Waals surface area contributed by atoms with Gasteiger partial charge in [0.05, 0.1) is 0 Å². The number of halogens is 2. The lowest BCUT2D eigenvalue weighted by atomic mass is 9.98. The molecule has 1 unspecified atom stereocenters. The fraction of sp³-hybridized carbons (Fsp3) is 0.294. The smallest absolute Gasteiger partial charge is 0.0453 e. The molecular weight excluding hydrogens is 289 g/mol. The minimum Gasteiger partial charge on any atom is -0.316 e. The molecule has 2 aromatic rings. The maximum absolute atomic E-state index is 6.24. The zero-order chi connectivity index (χ0) is 14.5. The maximum atomic E-state index is 6.24. The van der Waals surface area contributed by atoms with Crippen LogP contribution in [0.25, 0.3) is 0 Å². The Labute approximate surface area is 130 Å². The number of hydrogen-bond donors (Lipinski definition) is 1. The number of hydrogen-bond acceptors (Lipinski definition) is 1. The van der Waals surface area contributed by atoms with Gasteiger partial charge in [0.25, 0.3) is 0 Å². The normalized spacial score (nSPS) is 12.4. The van der Waals surface area contributed by atoms with Crippen molar-refractivity contribution in [3.05, 3.63) is 69.2 Å². The van der Waals surface area contributed by atoms with Crippen LogP contribution in [0.2, 0.25) is 10.0 Å². The average Bonchev–Trinajstić information content (AvgIpc) is 2.44. The van der Waals surface area contributed by atoms with Crippen LogP contribution in [0.15, 0.2) is 42.5 Å². The highest BCUT2D eigenvalue weighted by atomic mass is 35.5. The first-order valence-corrected chi connectivity index (χ1v) is 7.51. The molecule has 0 fully saturated rings. The molecule has 20 heavy (non-hydrogen) atoms. The zero-order valence-corrected chi connectivity index (χ0v) is 13.3. The number of aryl methyl sites for hydroxylation is 1. The summed E-state index contributed by atoms with van der Waals surface area (Å²) < 4.78 is 0. The molecule has 1 nitrogen and oxygen atoms in total. The van der Waals surface area contributed by atoms with Gasteiger partial charge >= 0.3 is 0 Å². The third-order valence-electron chi connectivity index (χ3n) is 3.52. The molecule has 0 aliphatic heterocycles. The molecule has 1 N–H and O–H groups in total. The summed E-state index contributed by atoms with van der Waals surface area (Å²) in [5.74, 6) is 0. The fourth-order valence-corrected chi connectivity index (χ4v) is 2.81. The van der Waals surface area contributed by atoms with Gasteiger partial charge in [-0.05, 0) is 50.1 Å². The van der Waals surface area contributed by atoms with Crippen molar-refractivity contribution in [3.8, 4) is 0 Å². The number of likely N-dealkylation sites (N-methyl/N-ethyl adjacent to an activating group) is 1. The molecule has 0 spiro atoms. The molecule has 0 saturated carbocycles. The Morgan fingerprint density at radius 2 is 1.55 bits per heavy atom. The van der Waals surface area contributed by atoms with Crippen LogP contribution in [0.4, 0.5) is 0 Å². The lowest BCUT2D eigenvalue weighted by molar-refractivity contribution is 0.556. The van der Waals surface area contributed by atoms with Crippen molar-refractivity contribution in [2.75, 3.05) is 7.05 Å². The SMILES string of the molecule is CNC(Cc1ccc(C)cc1)Cc1c(Cl)cccc1Cl. The van der Waals surface area contributed by atoms with Crippen LogP contribution in [0.3, 0.4) is 0 Å². The van der Waals surface area contributed by atoms with Gasteiger partial charge in [-0.15, -0.1) is 0 Å². The third-order valence-corrected chi connectivity index (χ3v) is 4.23. The Morgan fingerprint density at radius 3 is 2.10 bits per heavy atom. The molecule has 0 bridgehead atoms. The van der Waals surface area contributed by atoms with Gasteiger partial charge in [0, 0.05) is 16.1 Å². The average molecular weight is 308 g/mol. The summed E-state index contributed by atoms with van der Waals surface area (Å²) in [6.45, 7) is 2.10. The maximum Gasteiger partial charge on any atom is 0.0453 e. The van der Waals surface area contributed by atoms with Gasteiger partial charge in [-0.25, -0.2) is 0 Å². The summed E-state index contributed by atoms with van der Waals surface area (Å²) in [6, 6.07) is 14.6. The minimum absolute atomic E-state index is 0.315. The molecule has 0 radical (unpaired) electrons. The largest absolute Gasteiger partial charge is 0.316 e. The van der Waals surface area contributed by atoms with E-state index < -0.39 is 0 Å². The summed E-state index contributed by atoms with van der Waals surface area (Å²) in [4.78, 5) is 0. The minimum atomic E-state index is 0.315. The van der Waals surface area contributed by atoms with Gasteiger partial charge in [-0.3, -0.25) is 0 Å². The first-order valence-electron chi connectivity index (χ1n) is 6.76. The summed E-state index contributed by atoms with van der Waals surface area (Å²) in [6.07, 6.45) is 1.78. The number of nitrogens with one attached hydrogen (secondary N) is 1. The van der Waals surface area contributed by atoms with Gasteiger partial charge in [0.2, 0.25) is 0 Å². The predicted molar refractivity (Wildman–Crippen MR) is 87.9 cm³/mol. The van der Waals surface area contributed by atoms with Crippen molar-refractivity contribution < 1.29 is 0 Å². The summed E-state index contributed by atoms with van der Waals surface area (Å²) in [5, 5.41) is 4.83. The van der Waals surface area contributed by atoms with E-state index in [0.717, 1.165) is 28.5 Å². The molecule has 106 valence electrons. The molecule has 3 heteroatoms. The van der Waals surface area contributed by atoms with E-state index in [2.05, 4.69) is 36.5 Å². The zero-order valence-electron chi connectivity index (χ0n) is 11.8. The third kappa shape index (κ3) is 3.99. The van der Waals surface area contributed by atoms with Crippen molar-refractivity contribution in [2.45, 2.75) is 25.8 Å². The molecule has 1 atom stereocenters. The van der Waals surface area contributed by atoms with Crippen LogP contribution in [0, 0.1) is 6.92 Å². The molecule has 2 aromatic carbocycles. The lowest BCUT2D eigenvalue weighted by Crippen LogP contribution is -2.30. The van der Waals surface area contributed by atoms with E-state index >= 15 is 0 Å². The van der Waals surface area contributed by atoms with Crippen molar-refractivity contribution in [1.29, 1.82) is 0 Å². The Hall–Kier alpha value is -1.02. The van der Waals surface area contributed by atoms with Gasteiger partial charge < -0.3 is 5.32 Å². The molecule has 0 aliphatic rings. The topological polar surface area (TPSA) is 12.0 Å². The van der Waals surface area contributed by atoms with Crippen molar-refractivity contribution in [3.63, 3.8) is 0 Å². The molecule has 2 rings (SSSR count). The van der Waals surface area contributed by atoms with E-state index in [1.54, 1.807) is 0 Å². The first kappa shape index (κ1) is 15.4. The van der Waals surface area contributed by atoms with Gasteiger partial charge in [0.1, 0.15) is 0 Å². The monoisotopic (exact) mass is 307 g/mol. The summed E-state index contributed by atoms with van der Waals surface area (Å²) in [5.41, 5.74) is 3.62. The van der Waals surface area contributed by atoms with Gasteiger partial charge in [-0.2, -0.15) is 0 Å².